The molecule has 0 saturated carbocycles. The first-order valence-electron chi connectivity index (χ1n) is 4.81. The summed E-state index contributed by atoms with van der Waals surface area (Å²) in [6.45, 7) is 1.54. The molecule has 4 nitrogen and oxygen atoms in total. The quantitative estimate of drug-likeness (QED) is 0.769. The third kappa shape index (κ3) is 2.35. The maximum atomic E-state index is 5.66. The predicted octanol–water partition coefficient (Wildman–Crippen LogP) is 1.22. The molecule has 76 valence electrons. The number of ether oxygens (including phenoxy) is 2. The Labute approximate surface area is 83.0 Å². The standard InChI is InChI=1S/C10H14N2O2/c11-9-2-1-3-10(12-9)14-8-4-6-13-7-5-8/h1-3,8H,4-7H2,(H2,11,12). The van der Waals surface area contributed by atoms with Crippen LogP contribution < -0.4 is 10.5 Å². The lowest BCUT2D eigenvalue weighted by molar-refractivity contribution is 0.0238. The molecule has 0 unspecified atom stereocenters. The first-order chi connectivity index (χ1) is 6.84. The van der Waals surface area contributed by atoms with E-state index in [1.54, 1.807) is 6.07 Å². The normalized spacial score (nSPS) is 18.0. The number of aromatic nitrogens is 1. The Kier molecular flexibility index (Phi) is 2.84. The van der Waals surface area contributed by atoms with Gasteiger partial charge >= 0.3 is 0 Å². The highest BCUT2D eigenvalue weighted by Crippen LogP contribution is 2.16. The van der Waals surface area contributed by atoms with Crippen LogP contribution in [0.2, 0.25) is 0 Å². The predicted molar refractivity (Wildman–Crippen MR) is 53.1 cm³/mol. The maximum absolute atomic E-state index is 5.66. The van der Waals surface area contributed by atoms with E-state index < -0.39 is 0 Å². The van der Waals surface area contributed by atoms with E-state index in [2.05, 4.69) is 4.98 Å². The SMILES string of the molecule is Nc1cccc(OC2CCOCC2)n1. The zero-order chi connectivity index (χ0) is 9.80. The van der Waals surface area contributed by atoms with Crippen molar-refractivity contribution in [2.45, 2.75) is 18.9 Å². The summed E-state index contributed by atoms with van der Waals surface area (Å²) in [5.41, 5.74) is 5.55. The van der Waals surface area contributed by atoms with Crippen molar-refractivity contribution in [1.29, 1.82) is 0 Å². The van der Waals surface area contributed by atoms with Crippen molar-refractivity contribution in [3.8, 4) is 5.88 Å². The lowest BCUT2D eigenvalue weighted by Crippen LogP contribution is -2.26. The van der Waals surface area contributed by atoms with Gasteiger partial charge in [0.2, 0.25) is 5.88 Å². The van der Waals surface area contributed by atoms with Crippen LogP contribution in [0, 0.1) is 0 Å². The molecule has 2 rings (SSSR count). The Bertz CT molecular complexity index is 298. The first kappa shape index (κ1) is 9.27. The van der Waals surface area contributed by atoms with Crippen molar-refractivity contribution < 1.29 is 9.47 Å². The van der Waals surface area contributed by atoms with Crippen molar-refractivity contribution in [2.24, 2.45) is 0 Å². The highest BCUT2D eigenvalue weighted by molar-refractivity contribution is 5.31. The molecule has 0 atom stereocenters. The molecule has 0 bridgehead atoms. The van der Waals surface area contributed by atoms with E-state index in [-0.39, 0.29) is 6.10 Å². The molecule has 1 saturated heterocycles. The molecule has 4 heteroatoms. The number of hydrogen-bond donors (Lipinski definition) is 1. The zero-order valence-corrected chi connectivity index (χ0v) is 7.98. The summed E-state index contributed by atoms with van der Waals surface area (Å²) >= 11 is 0. The second-order valence-electron chi connectivity index (χ2n) is 3.33. The number of anilines is 1. The summed E-state index contributed by atoms with van der Waals surface area (Å²) in [7, 11) is 0. The summed E-state index contributed by atoms with van der Waals surface area (Å²) in [5.74, 6) is 1.10. The zero-order valence-electron chi connectivity index (χ0n) is 7.98. The number of nitrogens with zero attached hydrogens (tertiary/aromatic N) is 1. The van der Waals surface area contributed by atoms with Crippen molar-refractivity contribution in [2.75, 3.05) is 18.9 Å². The van der Waals surface area contributed by atoms with E-state index in [9.17, 15) is 0 Å². The molecule has 0 aromatic carbocycles. The molecule has 1 aromatic rings. The van der Waals surface area contributed by atoms with Crippen LogP contribution in [0.5, 0.6) is 5.88 Å². The van der Waals surface area contributed by atoms with E-state index in [0.717, 1.165) is 26.1 Å². The van der Waals surface area contributed by atoms with Gasteiger partial charge in [-0.05, 0) is 6.07 Å². The van der Waals surface area contributed by atoms with Gasteiger partial charge in [0.15, 0.2) is 0 Å². The van der Waals surface area contributed by atoms with Crippen LogP contribution in [0.15, 0.2) is 18.2 Å². The number of nitrogen functional groups attached to an aromatic ring is 1. The third-order valence-electron chi connectivity index (χ3n) is 2.20. The average Bonchev–Trinajstić information content (AvgIpc) is 2.19. The molecule has 1 aliphatic rings. The van der Waals surface area contributed by atoms with Gasteiger partial charge < -0.3 is 15.2 Å². The van der Waals surface area contributed by atoms with Gasteiger partial charge in [-0.25, -0.2) is 0 Å². The number of pyridine rings is 1. The van der Waals surface area contributed by atoms with E-state index >= 15 is 0 Å². The van der Waals surface area contributed by atoms with Crippen LogP contribution in [0.1, 0.15) is 12.8 Å². The topological polar surface area (TPSA) is 57.4 Å². The Morgan fingerprint density at radius 2 is 2.14 bits per heavy atom. The van der Waals surface area contributed by atoms with Crippen LogP contribution in [0.3, 0.4) is 0 Å². The van der Waals surface area contributed by atoms with Gasteiger partial charge in [-0.15, -0.1) is 0 Å². The molecule has 0 amide bonds. The Hall–Kier alpha value is -1.29. The molecule has 2 N–H and O–H groups in total. The molecule has 0 spiro atoms. The monoisotopic (exact) mass is 194 g/mol. The van der Waals surface area contributed by atoms with Gasteiger partial charge in [0.25, 0.3) is 0 Å². The van der Waals surface area contributed by atoms with E-state index in [0.29, 0.717) is 11.7 Å². The fourth-order valence-corrected chi connectivity index (χ4v) is 1.46. The van der Waals surface area contributed by atoms with Crippen LogP contribution >= 0.6 is 0 Å². The van der Waals surface area contributed by atoms with Crippen LogP contribution in [0.25, 0.3) is 0 Å². The lowest BCUT2D eigenvalue weighted by atomic mass is 10.1. The van der Waals surface area contributed by atoms with Gasteiger partial charge in [0, 0.05) is 18.9 Å². The Morgan fingerprint density at radius 3 is 2.86 bits per heavy atom. The van der Waals surface area contributed by atoms with Crippen LogP contribution in [-0.2, 0) is 4.74 Å². The maximum Gasteiger partial charge on any atom is 0.215 e. The molecule has 1 aromatic heterocycles. The van der Waals surface area contributed by atoms with Crippen molar-refractivity contribution in [3.05, 3.63) is 18.2 Å². The van der Waals surface area contributed by atoms with E-state index in [1.807, 2.05) is 12.1 Å². The van der Waals surface area contributed by atoms with Gasteiger partial charge in [-0.3, -0.25) is 0 Å². The van der Waals surface area contributed by atoms with Crippen molar-refractivity contribution in [1.82, 2.24) is 4.98 Å². The minimum Gasteiger partial charge on any atom is -0.474 e. The molecule has 0 aliphatic carbocycles. The summed E-state index contributed by atoms with van der Waals surface area (Å²) in [5, 5.41) is 0. The molecular formula is C10H14N2O2. The molecule has 1 fully saturated rings. The molecule has 1 aliphatic heterocycles. The fourth-order valence-electron chi connectivity index (χ4n) is 1.46. The summed E-state index contributed by atoms with van der Waals surface area (Å²) in [6, 6.07) is 5.42. The lowest BCUT2D eigenvalue weighted by Gasteiger charge is -2.22. The Morgan fingerprint density at radius 1 is 1.36 bits per heavy atom. The van der Waals surface area contributed by atoms with Crippen molar-refractivity contribution in [3.63, 3.8) is 0 Å². The van der Waals surface area contributed by atoms with E-state index in [4.69, 9.17) is 15.2 Å². The van der Waals surface area contributed by atoms with Gasteiger partial charge in [0.05, 0.1) is 13.2 Å². The van der Waals surface area contributed by atoms with Gasteiger partial charge in [-0.2, -0.15) is 4.98 Å². The first-order valence-corrected chi connectivity index (χ1v) is 4.81. The summed E-state index contributed by atoms with van der Waals surface area (Å²) in [4.78, 5) is 4.08. The minimum absolute atomic E-state index is 0.220. The Balaban J connectivity index is 1.95. The molecular weight excluding hydrogens is 180 g/mol. The smallest absolute Gasteiger partial charge is 0.215 e. The molecule has 2 heterocycles. The molecule has 0 radical (unpaired) electrons. The third-order valence-corrected chi connectivity index (χ3v) is 2.20. The largest absolute Gasteiger partial charge is 0.474 e. The minimum atomic E-state index is 0.220. The van der Waals surface area contributed by atoms with Gasteiger partial charge in [0.1, 0.15) is 11.9 Å². The summed E-state index contributed by atoms with van der Waals surface area (Å²) < 4.78 is 10.9. The fraction of sp³-hybridized carbons (Fsp3) is 0.500. The number of nitrogens with two attached hydrogens (primary N) is 1. The number of hydrogen-bond acceptors (Lipinski definition) is 4. The molecule has 14 heavy (non-hydrogen) atoms. The van der Waals surface area contributed by atoms with Crippen molar-refractivity contribution >= 4 is 5.82 Å². The van der Waals surface area contributed by atoms with Crippen LogP contribution in [0.4, 0.5) is 5.82 Å². The van der Waals surface area contributed by atoms with Gasteiger partial charge in [-0.1, -0.05) is 6.07 Å². The number of rotatable bonds is 2. The second kappa shape index (κ2) is 4.28. The van der Waals surface area contributed by atoms with E-state index in [1.165, 1.54) is 0 Å². The highest BCUT2D eigenvalue weighted by Gasteiger charge is 2.15. The average molecular weight is 194 g/mol. The second-order valence-corrected chi connectivity index (χ2v) is 3.33. The highest BCUT2D eigenvalue weighted by atomic mass is 16.5. The van der Waals surface area contributed by atoms with Crippen LogP contribution in [-0.4, -0.2) is 24.3 Å². The summed E-state index contributed by atoms with van der Waals surface area (Å²) in [6.07, 6.45) is 2.07.